The molecule has 1 aromatic rings. The first kappa shape index (κ1) is 17.8. The van der Waals surface area contributed by atoms with Gasteiger partial charge in [-0.25, -0.2) is 4.79 Å². The lowest BCUT2D eigenvalue weighted by Gasteiger charge is -2.23. The van der Waals surface area contributed by atoms with Gasteiger partial charge in [-0.15, -0.1) is 0 Å². The van der Waals surface area contributed by atoms with Gasteiger partial charge in [-0.1, -0.05) is 0 Å². The van der Waals surface area contributed by atoms with Gasteiger partial charge in [0, 0.05) is 18.9 Å². The number of H-pyrrole nitrogens is 1. The average molecular weight is 330 g/mol. The third-order valence-electron chi connectivity index (χ3n) is 3.84. The van der Waals surface area contributed by atoms with Gasteiger partial charge in [-0.05, 0) is 13.8 Å². The van der Waals surface area contributed by atoms with Crippen molar-refractivity contribution in [2.75, 3.05) is 20.3 Å². The third kappa shape index (κ3) is 3.70. The predicted octanol–water partition coefficient (Wildman–Crippen LogP) is -1.48. The number of hydrogen-bond donors (Lipinski definition) is 3. The number of ether oxygens (including phenoxy) is 3. The molecule has 3 N–H and O–H groups in total. The van der Waals surface area contributed by atoms with Crippen LogP contribution in [0.25, 0.3) is 0 Å². The number of rotatable bonds is 6. The van der Waals surface area contributed by atoms with Crippen LogP contribution in [-0.2, 0) is 14.2 Å². The van der Waals surface area contributed by atoms with Crippen LogP contribution in [0.1, 0.15) is 18.7 Å². The Labute approximate surface area is 132 Å². The monoisotopic (exact) mass is 330 g/mol. The maximum Gasteiger partial charge on any atom is 0.330 e. The van der Waals surface area contributed by atoms with E-state index in [0.29, 0.717) is 5.56 Å². The summed E-state index contributed by atoms with van der Waals surface area (Å²) in [5.74, 6) is 0. The number of aliphatic hydroxyl groups is 2. The van der Waals surface area contributed by atoms with Crippen LogP contribution >= 0.6 is 0 Å². The molecule has 130 valence electrons. The van der Waals surface area contributed by atoms with Crippen LogP contribution in [0.4, 0.5) is 0 Å². The Morgan fingerprint density at radius 2 is 2.17 bits per heavy atom. The van der Waals surface area contributed by atoms with E-state index >= 15 is 0 Å². The molecule has 1 aliphatic heterocycles. The first-order valence-corrected chi connectivity index (χ1v) is 7.29. The number of aliphatic hydroxyl groups excluding tert-OH is 2. The molecule has 9 heteroatoms. The highest BCUT2D eigenvalue weighted by Crippen LogP contribution is 2.30. The molecule has 5 atom stereocenters. The number of nitrogens with zero attached hydrogens (tertiary/aromatic N) is 1. The molecule has 2 unspecified atom stereocenters. The van der Waals surface area contributed by atoms with Crippen LogP contribution in [0, 0.1) is 6.92 Å². The molecule has 0 bridgehead atoms. The van der Waals surface area contributed by atoms with E-state index in [0.717, 1.165) is 4.57 Å². The van der Waals surface area contributed by atoms with Crippen molar-refractivity contribution in [3.8, 4) is 0 Å². The van der Waals surface area contributed by atoms with Crippen LogP contribution in [-0.4, -0.2) is 64.5 Å². The summed E-state index contributed by atoms with van der Waals surface area (Å²) in [6, 6.07) is 0. The summed E-state index contributed by atoms with van der Waals surface area (Å²) in [6.07, 6.45) is -2.73. The molecule has 0 aliphatic carbocycles. The third-order valence-corrected chi connectivity index (χ3v) is 3.84. The van der Waals surface area contributed by atoms with Gasteiger partial charge in [0.25, 0.3) is 5.56 Å². The number of aryl methyl sites for hydroxylation is 1. The summed E-state index contributed by atoms with van der Waals surface area (Å²) in [5, 5.41) is 19.5. The van der Waals surface area contributed by atoms with Crippen molar-refractivity contribution in [2.24, 2.45) is 0 Å². The van der Waals surface area contributed by atoms with Gasteiger partial charge in [0.05, 0.1) is 19.3 Å². The zero-order valence-electron chi connectivity index (χ0n) is 13.3. The summed E-state index contributed by atoms with van der Waals surface area (Å²) < 4.78 is 17.4. The minimum Gasteiger partial charge on any atom is -0.394 e. The maximum absolute atomic E-state index is 12.0. The molecule has 1 aliphatic rings. The fourth-order valence-electron chi connectivity index (χ4n) is 2.36. The molecule has 2 heterocycles. The summed E-state index contributed by atoms with van der Waals surface area (Å²) in [4.78, 5) is 25.7. The second-order valence-corrected chi connectivity index (χ2v) is 5.56. The molecule has 0 amide bonds. The molecule has 1 aromatic heterocycles. The number of aromatic amines is 1. The largest absolute Gasteiger partial charge is 0.394 e. The van der Waals surface area contributed by atoms with Gasteiger partial charge in [0.15, 0.2) is 6.23 Å². The highest BCUT2D eigenvalue weighted by atomic mass is 16.6. The van der Waals surface area contributed by atoms with E-state index in [-0.39, 0.29) is 12.7 Å². The van der Waals surface area contributed by atoms with E-state index in [4.69, 9.17) is 14.2 Å². The van der Waals surface area contributed by atoms with Gasteiger partial charge < -0.3 is 24.4 Å². The first-order chi connectivity index (χ1) is 10.9. The average Bonchev–Trinajstić information content (AvgIpc) is 2.84. The molecule has 1 fully saturated rings. The van der Waals surface area contributed by atoms with Crippen molar-refractivity contribution in [3.05, 3.63) is 32.6 Å². The molecule has 1 saturated heterocycles. The Kier molecular flexibility index (Phi) is 5.71. The highest BCUT2D eigenvalue weighted by Gasteiger charge is 2.45. The van der Waals surface area contributed by atoms with Gasteiger partial charge in [-0.3, -0.25) is 14.3 Å². The minimum absolute atomic E-state index is 0.174. The first-order valence-electron chi connectivity index (χ1n) is 7.29. The van der Waals surface area contributed by atoms with Crippen molar-refractivity contribution in [1.82, 2.24) is 9.55 Å². The van der Waals surface area contributed by atoms with Crippen LogP contribution in [0.15, 0.2) is 15.8 Å². The lowest BCUT2D eigenvalue weighted by Crippen LogP contribution is -2.41. The number of nitrogens with one attached hydrogen (secondary N) is 1. The van der Waals surface area contributed by atoms with Crippen molar-refractivity contribution in [1.29, 1.82) is 0 Å². The maximum atomic E-state index is 12.0. The van der Waals surface area contributed by atoms with Crippen LogP contribution in [0.5, 0.6) is 0 Å². The second-order valence-electron chi connectivity index (χ2n) is 5.56. The molecule has 9 nitrogen and oxygen atoms in total. The zero-order chi connectivity index (χ0) is 17.1. The molecule has 0 aromatic carbocycles. The predicted molar refractivity (Wildman–Crippen MR) is 79.3 cm³/mol. The Hall–Kier alpha value is -1.52. The highest BCUT2D eigenvalue weighted by molar-refractivity contribution is 5.03. The smallest absolute Gasteiger partial charge is 0.330 e. The second kappa shape index (κ2) is 7.37. The summed E-state index contributed by atoms with van der Waals surface area (Å²) in [6.45, 7) is 3.09. The van der Waals surface area contributed by atoms with E-state index in [1.165, 1.54) is 13.3 Å². The Morgan fingerprint density at radius 1 is 1.48 bits per heavy atom. The summed E-state index contributed by atoms with van der Waals surface area (Å²) >= 11 is 0. The van der Waals surface area contributed by atoms with Crippen LogP contribution < -0.4 is 11.2 Å². The van der Waals surface area contributed by atoms with Gasteiger partial charge >= 0.3 is 5.69 Å². The van der Waals surface area contributed by atoms with E-state index in [9.17, 15) is 19.8 Å². The van der Waals surface area contributed by atoms with Crippen LogP contribution in [0.2, 0.25) is 0 Å². The van der Waals surface area contributed by atoms with Crippen molar-refractivity contribution >= 4 is 0 Å². The van der Waals surface area contributed by atoms with Gasteiger partial charge in [0.1, 0.15) is 18.3 Å². The van der Waals surface area contributed by atoms with Gasteiger partial charge in [0.2, 0.25) is 0 Å². The molecule has 23 heavy (non-hydrogen) atoms. The van der Waals surface area contributed by atoms with E-state index < -0.39 is 42.4 Å². The Balaban J connectivity index is 2.31. The molecular formula is C14H22N2O7. The molecule has 0 radical (unpaired) electrons. The Bertz CT molecular complexity index is 641. The normalized spacial score (nSPS) is 28.9. The molecule has 0 spiro atoms. The number of methoxy groups -OCH3 is 1. The molecular weight excluding hydrogens is 308 g/mol. The quantitative estimate of drug-likeness (QED) is 0.581. The van der Waals surface area contributed by atoms with E-state index in [1.54, 1.807) is 13.8 Å². The lowest BCUT2D eigenvalue weighted by molar-refractivity contribution is -0.0943. The van der Waals surface area contributed by atoms with E-state index in [2.05, 4.69) is 4.98 Å². The van der Waals surface area contributed by atoms with E-state index in [1.807, 2.05) is 0 Å². The minimum atomic E-state index is -1.12. The summed E-state index contributed by atoms with van der Waals surface area (Å²) in [5.41, 5.74) is -0.849. The number of hydrogen-bond acceptors (Lipinski definition) is 7. The van der Waals surface area contributed by atoms with Crippen molar-refractivity contribution in [2.45, 2.75) is 44.5 Å². The standard InChI is InChI=1S/C14H22N2O7/c1-7-4-16(14(20)15-12(7)19)13-11(22-6-8(2)21-3)10(18)9(5-17)23-13/h4,8-11,13,17-18H,5-6H2,1-3H3,(H,15,19,20)/t8?,9-,10+,11?,13-/m1/s1. The summed E-state index contributed by atoms with van der Waals surface area (Å²) in [7, 11) is 1.53. The van der Waals surface area contributed by atoms with Crippen LogP contribution in [0.3, 0.4) is 0 Å². The zero-order valence-corrected chi connectivity index (χ0v) is 13.3. The lowest BCUT2D eigenvalue weighted by atomic mass is 10.1. The van der Waals surface area contributed by atoms with Crippen molar-refractivity contribution in [3.63, 3.8) is 0 Å². The van der Waals surface area contributed by atoms with Crippen molar-refractivity contribution < 1.29 is 24.4 Å². The number of aromatic nitrogens is 2. The SMILES string of the molecule is COC(C)COC1[C@@H](O)[C@@H](CO)O[C@H]1n1cc(C)c(=O)[nH]c1=O. The molecule has 2 rings (SSSR count). The Morgan fingerprint density at radius 3 is 2.78 bits per heavy atom. The topological polar surface area (TPSA) is 123 Å². The fourth-order valence-corrected chi connectivity index (χ4v) is 2.36. The van der Waals surface area contributed by atoms with Gasteiger partial charge in [-0.2, -0.15) is 0 Å². The molecule has 0 saturated carbocycles. The fraction of sp³-hybridized carbons (Fsp3) is 0.714.